The van der Waals surface area contributed by atoms with Crippen molar-refractivity contribution in [3.8, 4) is 11.4 Å². The molecule has 0 spiro atoms. The molecule has 34 heavy (non-hydrogen) atoms. The second kappa shape index (κ2) is 10.4. The van der Waals surface area contributed by atoms with Crippen LogP contribution in [0.2, 0.25) is 0 Å². The number of urea groups is 1. The SMILES string of the molecule is CCN(CC(=O)Nc1cc(C(C)(C)C)nn1-c1ccc(C)cc1)C(=O)Nc1cccc(OC)c1. The minimum Gasteiger partial charge on any atom is -0.497 e. The number of hydrogen-bond acceptors (Lipinski definition) is 4. The summed E-state index contributed by atoms with van der Waals surface area (Å²) in [6.07, 6.45) is 0. The number of nitrogens with one attached hydrogen (secondary N) is 2. The number of carbonyl (C=O) groups excluding carboxylic acids is 2. The average Bonchev–Trinajstić information content (AvgIpc) is 3.22. The van der Waals surface area contributed by atoms with Crippen molar-refractivity contribution in [2.75, 3.05) is 30.8 Å². The second-order valence-corrected chi connectivity index (χ2v) is 9.14. The van der Waals surface area contributed by atoms with Crippen LogP contribution in [0.15, 0.2) is 54.6 Å². The van der Waals surface area contributed by atoms with E-state index in [1.807, 2.05) is 44.2 Å². The Morgan fingerprint density at radius 1 is 1.06 bits per heavy atom. The smallest absolute Gasteiger partial charge is 0.322 e. The number of carbonyl (C=O) groups is 2. The quantitative estimate of drug-likeness (QED) is 0.517. The van der Waals surface area contributed by atoms with Gasteiger partial charge < -0.3 is 20.3 Å². The van der Waals surface area contributed by atoms with Crippen LogP contribution in [0.1, 0.15) is 39.0 Å². The summed E-state index contributed by atoms with van der Waals surface area (Å²) in [6, 6.07) is 16.5. The standard InChI is InChI=1S/C26H33N5O3/c1-7-30(25(33)27-19-9-8-10-21(15-19)34-6)17-24(32)28-23-16-22(26(3,4)5)29-31(23)20-13-11-18(2)12-14-20/h8-16H,7,17H2,1-6H3,(H,27,33)(H,28,32). The van der Waals surface area contributed by atoms with Crippen molar-refractivity contribution in [3.05, 3.63) is 65.9 Å². The number of anilines is 2. The topological polar surface area (TPSA) is 88.5 Å². The van der Waals surface area contributed by atoms with Crippen molar-refractivity contribution in [3.63, 3.8) is 0 Å². The van der Waals surface area contributed by atoms with Gasteiger partial charge in [-0.15, -0.1) is 0 Å². The van der Waals surface area contributed by atoms with E-state index in [1.165, 1.54) is 4.90 Å². The lowest BCUT2D eigenvalue weighted by molar-refractivity contribution is -0.116. The molecule has 0 aliphatic heterocycles. The van der Waals surface area contributed by atoms with Crippen molar-refractivity contribution in [1.29, 1.82) is 0 Å². The monoisotopic (exact) mass is 463 g/mol. The van der Waals surface area contributed by atoms with E-state index in [1.54, 1.807) is 36.1 Å². The summed E-state index contributed by atoms with van der Waals surface area (Å²) in [5.74, 6) is 0.886. The number of aromatic nitrogens is 2. The van der Waals surface area contributed by atoms with Crippen molar-refractivity contribution >= 4 is 23.4 Å². The lowest BCUT2D eigenvalue weighted by Gasteiger charge is -2.21. The molecule has 0 aliphatic carbocycles. The molecular formula is C26H33N5O3. The first-order valence-electron chi connectivity index (χ1n) is 11.3. The molecule has 8 heteroatoms. The number of hydrogen-bond donors (Lipinski definition) is 2. The molecule has 2 aromatic carbocycles. The number of nitrogens with zero attached hydrogens (tertiary/aromatic N) is 3. The zero-order valence-corrected chi connectivity index (χ0v) is 20.7. The Bertz CT molecular complexity index is 1150. The van der Waals surface area contributed by atoms with Gasteiger partial charge >= 0.3 is 6.03 Å². The van der Waals surface area contributed by atoms with Gasteiger partial charge in [-0.1, -0.05) is 44.5 Å². The third-order valence-electron chi connectivity index (χ3n) is 5.35. The Kier molecular flexibility index (Phi) is 7.61. The zero-order chi connectivity index (χ0) is 24.9. The highest BCUT2D eigenvalue weighted by molar-refractivity contribution is 5.96. The highest BCUT2D eigenvalue weighted by Crippen LogP contribution is 2.26. The molecule has 0 bridgehead atoms. The number of benzene rings is 2. The van der Waals surface area contributed by atoms with E-state index in [-0.39, 0.29) is 23.9 Å². The fraction of sp³-hybridized carbons (Fsp3) is 0.346. The van der Waals surface area contributed by atoms with Gasteiger partial charge in [0.1, 0.15) is 18.1 Å². The zero-order valence-electron chi connectivity index (χ0n) is 20.7. The molecule has 1 heterocycles. The molecule has 0 radical (unpaired) electrons. The molecule has 0 fully saturated rings. The van der Waals surface area contributed by atoms with Crippen LogP contribution in [-0.2, 0) is 10.2 Å². The molecule has 1 aromatic heterocycles. The molecule has 8 nitrogen and oxygen atoms in total. The first-order chi connectivity index (χ1) is 16.1. The summed E-state index contributed by atoms with van der Waals surface area (Å²) >= 11 is 0. The Balaban J connectivity index is 1.76. The molecule has 0 saturated carbocycles. The lowest BCUT2D eigenvalue weighted by atomic mass is 9.92. The van der Waals surface area contributed by atoms with E-state index in [4.69, 9.17) is 9.84 Å². The van der Waals surface area contributed by atoms with Crippen molar-refractivity contribution in [2.45, 2.75) is 40.0 Å². The molecule has 0 atom stereocenters. The number of methoxy groups -OCH3 is 1. The molecule has 3 amide bonds. The largest absolute Gasteiger partial charge is 0.497 e. The van der Waals surface area contributed by atoms with Gasteiger partial charge in [-0.25, -0.2) is 9.48 Å². The number of amides is 3. The van der Waals surface area contributed by atoms with E-state index < -0.39 is 0 Å². The van der Waals surface area contributed by atoms with Gasteiger partial charge in [-0.05, 0) is 38.1 Å². The average molecular weight is 464 g/mol. The molecule has 0 aliphatic rings. The summed E-state index contributed by atoms with van der Waals surface area (Å²) in [6.45, 7) is 10.3. The fourth-order valence-electron chi connectivity index (χ4n) is 3.31. The fourth-order valence-corrected chi connectivity index (χ4v) is 3.31. The number of aryl methyl sites for hydroxylation is 1. The summed E-state index contributed by atoms with van der Waals surface area (Å²) < 4.78 is 6.92. The molecule has 3 rings (SSSR count). The van der Waals surface area contributed by atoms with E-state index in [0.29, 0.717) is 23.8 Å². The Labute approximate surface area is 200 Å². The highest BCUT2D eigenvalue weighted by atomic mass is 16.5. The van der Waals surface area contributed by atoms with Crippen molar-refractivity contribution in [2.24, 2.45) is 0 Å². The van der Waals surface area contributed by atoms with Crippen LogP contribution in [0, 0.1) is 6.92 Å². The molecule has 0 unspecified atom stereocenters. The Morgan fingerprint density at radius 2 is 1.76 bits per heavy atom. The number of ether oxygens (including phenoxy) is 1. The van der Waals surface area contributed by atoms with E-state index in [2.05, 4.69) is 31.4 Å². The van der Waals surface area contributed by atoms with E-state index in [9.17, 15) is 9.59 Å². The predicted molar refractivity (Wildman–Crippen MR) is 135 cm³/mol. The lowest BCUT2D eigenvalue weighted by Crippen LogP contribution is -2.40. The summed E-state index contributed by atoms with van der Waals surface area (Å²) in [5.41, 5.74) is 3.24. The van der Waals surface area contributed by atoms with Crippen LogP contribution in [-0.4, -0.2) is 46.8 Å². The molecule has 3 aromatic rings. The summed E-state index contributed by atoms with van der Waals surface area (Å²) in [7, 11) is 1.57. The molecule has 0 saturated heterocycles. The molecular weight excluding hydrogens is 430 g/mol. The van der Waals surface area contributed by atoms with Crippen molar-refractivity contribution < 1.29 is 14.3 Å². The van der Waals surface area contributed by atoms with Gasteiger partial charge in [0.25, 0.3) is 0 Å². The Morgan fingerprint density at radius 3 is 2.38 bits per heavy atom. The minimum absolute atomic E-state index is 0.101. The minimum atomic E-state index is -0.367. The summed E-state index contributed by atoms with van der Waals surface area (Å²) in [4.78, 5) is 27.1. The van der Waals surface area contributed by atoms with Crippen molar-refractivity contribution in [1.82, 2.24) is 14.7 Å². The molecule has 180 valence electrons. The van der Waals surface area contributed by atoms with Gasteiger partial charge in [-0.2, -0.15) is 5.10 Å². The van der Waals surface area contributed by atoms with Crippen LogP contribution in [0.3, 0.4) is 0 Å². The number of rotatable bonds is 7. The summed E-state index contributed by atoms with van der Waals surface area (Å²) in [5, 5.41) is 10.5. The second-order valence-electron chi connectivity index (χ2n) is 9.14. The maximum Gasteiger partial charge on any atom is 0.322 e. The van der Waals surface area contributed by atoms with Gasteiger partial charge in [0.2, 0.25) is 5.91 Å². The van der Waals surface area contributed by atoms with E-state index >= 15 is 0 Å². The normalized spacial score (nSPS) is 11.1. The predicted octanol–water partition coefficient (Wildman–Crippen LogP) is 4.98. The van der Waals surface area contributed by atoms with E-state index in [0.717, 1.165) is 16.9 Å². The van der Waals surface area contributed by atoms with Crippen LogP contribution >= 0.6 is 0 Å². The molecule has 2 N–H and O–H groups in total. The van der Waals surface area contributed by atoms with Gasteiger partial charge in [-0.3, -0.25) is 4.79 Å². The van der Waals surface area contributed by atoms with Crippen LogP contribution in [0.4, 0.5) is 16.3 Å². The van der Waals surface area contributed by atoms with Crippen LogP contribution in [0.25, 0.3) is 5.69 Å². The maximum absolute atomic E-state index is 12.9. The third kappa shape index (κ3) is 6.15. The van der Waals surface area contributed by atoms with Gasteiger partial charge in [0.05, 0.1) is 18.5 Å². The van der Waals surface area contributed by atoms with Crippen LogP contribution < -0.4 is 15.4 Å². The highest BCUT2D eigenvalue weighted by Gasteiger charge is 2.23. The van der Waals surface area contributed by atoms with Gasteiger partial charge in [0.15, 0.2) is 0 Å². The third-order valence-corrected chi connectivity index (χ3v) is 5.35. The van der Waals surface area contributed by atoms with Crippen LogP contribution in [0.5, 0.6) is 5.75 Å². The maximum atomic E-state index is 12.9. The first-order valence-corrected chi connectivity index (χ1v) is 11.3. The number of likely N-dealkylation sites (N-methyl/N-ethyl adjacent to an activating group) is 1. The first kappa shape index (κ1) is 24.8. The Hall–Kier alpha value is -3.81. The van der Waals surface area contributed by atoms with Gasteiger partial charge in [0, 0.05) is 29.8 Å².